The first-order valence-corrected chi connectivity index (χ1v) is 5.78. The Bertz CT molecular complexity index is 500. The molecule has 0 bridgehead atoms. The zero-order valence-electron chi connectivity index (χ0n) is 10.4. The molecule has 0 unspecified atom stereocenters. The molecule has 0 atom stereocenters. The molecule has 0 aliphatic carbocycles. The van der Waals surface area contributed by atoms with Crippen molar-refractivity contribution in [3.8, 4) is 17.4 Å². The molecular weight excluding hydrogens is 230 g/mol. The number of anilines is 1. The number of methoxy groups -OCH3 is 1. The van der Waals surface area contributed by atoms with Crippen LogP contribution in [0.3, 0.4) is 0 Å². The van der Waals surface area contributed by atoms with Crippen molar-refractivity contribution in [3.63, 3.8) is 0 Å². The van der Waals surface area contributed by atoms with Crippen LogP contribution >= 0.6 is 0 Å². The molecule has 0 aliphatic rings. The van der Waals surface area contributed by atoms with Crippen molar-refractivity contribution in [2.75, 3.05) is 19.0 Å². The van der Waals surface area contributed by atoms with Gasteiger partial charge in [-0.25, -0.2) is 9.97 Å². The van der Waals surface area contributed by atoms with Gasteiger partial charge in [0, 0.05) is 18.8 Å². The third-order valence-corrected chi connectivity index (χ3v) is 2.29. The minimum atomic E-state index is 0.471. The molecule has 0 saturated heterocycles. The first kappa shape index (κ1) is 12.2. The summed E-state index contributed by atoms with van der Waals surface area (Å²) in [6, 6.07) is 5.35. The standard InChI is InChI=1S/C12H15N5O/c1-3-7-13-10-6-8-14-12(15-10)9-4-5-11(18-2)17-16-9/h4-6,8H,3,7H2,1-2H3,(H,13,14,15). The molecule has 0 saturated carbocycles. The topological polar surface area (TPSA) is 72.8 Å². The van der Waals surface area contributed by atoms with Gasteiger partial charge in [-0.1, -0.05) is 6.92 Å². The smallest absolute Gasteiger partial charge is 0.233 e. The van der Waals surface area contributed by atoms with Gasteiger partial charge in [-0.15, -0.1) is 10.2 Å². The van der Waals surface area contributed by atoms with E-state index in [4.69, 9.17) is 4.74 Å². The van der Waals surface area contributed by atoms with Crippen LogP contribution < -0.4 is 10.1 Å². The summed E-state index contributed by atoms with van der Waals surface area (Å²) in [5.41, 5.74) is 0.621. The van der Waals surface area contributed by atoms with Gasteiger partial charge in [0.2, 0.25) is 5.88 Å². The molecule has 2 aromatic heterocycles. The van der Waals surface area contributed by atoms with E-state index in [1.165, 1.54) is 0 Å². The van der Waals surface area contributed by atoms with Gasteiger partial charge in [-0.05, 0) is 18.6 Å². The highest BCUT2D eigenvalue weighted by atomic mass is 16.5. The molecule has 6 heteroatoms. The number of nitrogens with zero attached hydrogens (tertiary/aromatic N) is 4. The molecule has 1 N–H and O–H groups in total. The number of ether oxygens (including phenoxy) is 1. The van der Waals surface area contributed by atoms with Crippen LogP contribution in [0.4, 0.5) is 5.82 Å². The third kappa shape index (κ3) is 2.91. The average molecular weight is 245 g/mol. The lowest BCUT2D eigenvalue weighted by molar-refractivity contribution is 0.392. The maximum atomic E-state index is 4.96. The van der Waals surface area contributed by atoms with Crippen LogP contribution in [0.1, 0.15) is 13.3 Å². The van der Waals surface area contributed by atoms with E-state index in [0.29, 0.717) is 17.4 Å². The fraction of sp³-hybridized carbons (Fsp3) is 0.333. The van der Waals surface area contributed by atoms with Gasteiger partial charge in [0.25, 0.3) is 0 Å². The molecule has 2 heterocycles. The summed E-state index contributed by atoms with van der Waals surface area (Å²) in [7, 11) is 1.55. The minimum Gasteiger partial charge on any atom is -0.480 e. The lowest BCUT2D eigenvalue weighted by Gasteiger charge is -2.05. The van der Waals surface area contributed by atoms with E-state index >= 15 is 0 Å². The Balaban J connectivity index is 2.20. The molecule has 0 aromatic carbocycles. The summed E-state index contributed by atoms with van der Waals surface area (Å²) < 4.78 is 4.96. The third-order valence-electron chi connectivity index (χ3n) is 2.29. The zero-order chi connectivity index (χ0) is 12.8. The lowest BCUT2D eigenvalue weighted by atomic mass is 10.3. The van der Waals surface area contributed by atoms with E-state index in [1.54, 1.807) is 25.4 Å². The molecule has 0 fully saturated rings. The molecule has 6 nitrogen and oxygen atoms in total. The van der Waals surface area contributed by atoms with Gasteiger partial charge >= 0.3 is 0 Å². The van der Waals surface area contributed by atoms with Gasteiger partial charge in [0.1, 0.15) is 11.5 Å². The van der Waals surface area contributed by atoms with E-state index in [2.05, 4.69) is 32.4 Å². The van der Waals surface area contributed by atoms with E-state index in [1.807, 2.05) is 6.07 Å². The maximum absolute atomic E-state index is 4.96. The van der Waals surface area contributed by atoms with Gasteiger partial charge in [0.15, 0.2) is 5.82 Å². The van der Waals surface area contributed by atoms with Crippen molar-refractivity contribution < 1.29 is 4.74 Å². The first-order chi connectivity index (χ1) is 8.83. The van der Waals surface area contributed by atoms with Gasteiger partial charge < -0.3 is 10.1 Å². The van der Waals surface area contributed by atoms with E-state index in [-0.39, 0.29) is 0 Å². The van der Waals surface area contributed by atoms with Gasteiger partial charge in [-0.2, -0.15) is 0 Å². The van der Waals surface area contributed by atoms with Crippen LogP contribution in [-0.4, -0.2) is 33.8 Å². The fourth-order valence-electron chi connectivity index (χ4n) is 1.38. The average Bonchev–Trinajstić information content (AvgIpc) is 2.45. The summed E-state index contributed by atoms with van der Waals surface area (Å²) in [4.78, 5) is 8.55. The Labute approximate surface area is 105 Å². The van der Waals surface area contributed by atoms with E-state index in [0.717, 1.165) is 18.8 Å². The predicted octanol–water partition coefficient (Wildman–Crippen LogP) is 1.76. The second-order valence-electron chi connectivity index (χ2n) is 3.65. The van der Waals surface area contributed by atoms with Gasteiger partial charge in [0.05, 0.1) is 7.11 Å². The largest absolute Gasteiger partial charge is 0.480 e. The van der Waals surface area contributed by atoms with Crippen LogP contribution in [0.25, 0.3) is 11.5 Å². The number of hydrogen-bond acceptors (Lipinski definition) is 6. The second-order valence-corrected chi connectivity index (χ2v) is 3.65. The SMILES string of the molecule is CCCNc1ccnc(-c2ccc(OC)nn2)n1. The van der Waals surface area contributed by atoms with Crippen LogP contribution in [0.2, 0.25) is 0 Å². The fourth-order valence-corrected chi connectivity index (χ4v) is 1.38. The van der Waals surface area contributed by atoms with Crippen LogP contribution in [-0.2, 0) is 0 Å². The maximum Gasteiger partial charge on any atom is 0.233 e. The Kier molecular flexibility index (Phi) is 4.01. The lowest BCUT2D eigenvalue weighted by Crippen LogP contribution is -2.03. The predicted molar refractivity (Wildman–Crippen MR) is 68.4 cm³/mol. The van der Waals surface area contributed by atoms with Crippen molar-refractivity contribution >= 4 is 5.82 Å². The normalized spacial score (nSPS) is 10.1. The first-order valence-electron chi connectivity index (χ1n) is 5.78. The summed E-state index contributed by atoms with van der Waals surface area (Å²) in [5, 5.41) is 11.1. The highest BCUT2D eigenvalue weighted by Crippen LogP contribution is 2.14. The molecule has 18 heavy (non-hydrogen) atoms. The van der Waals surface area contributed by atoms with Crippen molar-refractivity contribution in [2.24, 2.45) is 0 Å². The molecule has 0 radical (unpaired) electrons. The number of nitrogens with one attached hydrogen (secondary N) is 1. The van der Waals surface area contributed by atoms with E-state index < -0.39 is 0 Å². The van der Waals surface area contributed by atoms with E-state index in [9.17, 15) is 0 Å². The summed E-state index contributed by atoms with van der Waals surface area (Å²) in [6.07, 6.45) is 2.74. The van der Waals surface area contributed by atoms with Crippen molar-refractivity contribution in [3.05, 3.63) is 24.4 Å². The minimum absolute atomic E-state index is 0.471. The molecule has 0 amide bonds. The highest BCUT2D eigenvalue weighted by Gasteiger charge is 2.05. The summed E-state index contributed by atoms with van der Waals surface area (Å²) in [5.74, 6) is 1.81. The Hall–Kier alpha value is -2.24. The Morgan fingerprint density at radius 1 is 1.22 bits per heavy atom. The molecule has 0 aliphatic heterocycles. The number of hydrogen-bond donors (Lipinski definition) is 1. The van der Waals surface area contributed by atoms with Crippen molar-refractivity contribution in [2.45, 2.75) is 13.3 Å². The van der Waals surface area contributed by atoms with Crippen LogP contribution in [0.5, 0.6) is 5.88 Å². The van der Waals surface area contributed by atoms with Crippen LogP contribution in [0, 0.1) is 0 Å². The summed E-state index contributed by atoms with van der Waals surface area (Å²) in [6.45, 7) is 2.98. The molecule has 2 rings (SSSR count). The monoisotopic (exact) mass is 245 g/mol. The number of aromatic nitrogens is 4. The highest BCUT2D eigenvalue weighted by molar-refractivity contribution is 5.51. The molecule has 0 spiro atoms. The number of rotatable bonds is 5. The Morgan fingerprint density at radius 3 is 2.78 bits per heavy atom. The second kappa shape index (κ2) is 5.90. The summed E-state index contributed by atoms with van der Waals surface area (Å²) >= 11 is 0. The Morgan fingerprint density at radius 2 is 2.11 bits per heavy atom. The zero-order valence-corrected chi connectivity index (χ0v) is 10.4. The molecular formula is C12H15N5O. The van der Waals surface area contributed by atoms with Crippen LogP contribution in [0.15, 0.2) is 24.4 Å². The van der Waals surface area contributed by atoms with Crippen molar-refractivity contribution in [1.29, 1.82) is 0 Å². The molecule has 94 valence electrons. The quantitative estimate of drug-likeness (QED) is 0.865. The molecule has 2 aromatic rings. The van der Waals surface area contributed by atoms with Crippen molar-refractivity contribution in [1.82, 2.24) is 20.2 Å². The van der Waals surface area contributed by atoms with Gasteiger partial charge in [-0.3, -0.25) is 0 Å².